The Hall–Kier alpha value is -2.19. The van der Waals surface area contributed by atoms with E-state index in [1.165, 1.54) is 29.4 Å². The third kappa shape index (κ3) is 4.13. The van der Waals surface area contributed by atoms with Gasteiger partial charge >= 0.3 is 11.8 Å². The first-order chi connectivity index (χ1) is 12.5. The Morgan fingerprint density at radius 1 is 1.42 bits per heavy atom. The molecule has 1 saturated heterocycles. The number of carbonyl (C=O) groups is 2. The van der Waals surface area contributed by atoms with Crippen LogP contribution in [0.3, 0.4) is 0 Å². The molecule has 1 aromatic heterocycles. The van der Waals surface area contributed by atoms with Gasteiger partial charge in [-0.25, -0.2) is 4.39 Å². The van der Waals surface area contributed by atoms with Crippen molar-refractivity contribution in [2.75, 3.05) is 11.9 Å². The molecule has 2 atom stereocenters. The summed E-state index contributed by atoms with van der Waals surface area (Å²) in [5, 5.41) is 12.5. The molecular formula is C18H18BrFN2O4. The Morgan fingerprint density at radius 2 is 2.23 bits per heavy atom. The third-order valence-electron chi connectivity index (χ3n) is 4.38. The quantitative estimate of drug-likeness (QED) is 0.737. The zero-order valence-electron chi connectivity index (χ0n) is 13.8. The van der Waals surface area contributed by atoms with E-state index in [1.54, 1.807) is 12.1 Å². The van der Waals surface area contributed by atoms with E-state index in [2.05, 4.69) is 21.2 Å². The van der Waals surface area contributed by atoms with Gasteiger partial charge in [-0.15, -0.1) is 0 Å². The average Bonchev–Trinajstić information content (AvgIpc) is 3.29. The fourth-order valence-electron chi connectivity index (χ4n) is 3.10. The molecule has 0 radical (unpaired) electrons. The number of likely N-dealkylation sites (tertiary alicyclic amines) is 1. The molecule has 2 N–H and O–H groups in total. The number of hydrogen-bond donors (Lipinski definition) is 2. The molecule has 26 heavy (non-hydrogen) atoms. The van der Waals surface area contributed by atoms with E-state index < -0.39 is 23.7 Å². The molecule has 138 valence electrons. The molecule has 0 saturated carbocycles. The number of nitrogens with one attached hydrogen (secondary N) is 1. The van der Waals surface area contributed by atoms with Crippen molar-refractivity contribution in [3.63, 3.8) is 0 Å². The Morgan fingerprint density at radius 3 is 2.96 bits per heavy atom. The number of halogens is 2. The number of anilines is 1. The van der Waals surface area contributed by atoms with E-state index >= 15 is 0 Å². The molecule has 1 aromatic carbocycles. The number of amides is 2. The van der Waals surface area contributed by atoms with E-state index in [1.807, 2.05) is 0 Å². The van der Waals surface area contributed by atoms with Crippen molar-refractivity contribution < 1.29 is 23.5 Å². The highest BCUT2D eigenvalue weighted by Crippen LogP contribution is 2.28. The first-order valence-electron chi connectivity index (χ1n) is 8.24. The van der Waals surface area contributed by atoms with Gasteiger partial charge in [0.2, 0.25) is 0 Å². The van der Waals surface area contributed by atoms with Gasteiger partial charge < -0.3 is 19.7 Å². The summed E-state index contributed by atoms with van der Waals surface area (Å²) in [6.45, 7) is 0.419. The lowest BCUT2D eigenvalue weighted by Gasteiger charge is -2.25. The summed E-state index contributed by atoms with van der Waals surface area (Å²) < 4.78 is 19.5. The molecule has 0 aliphatic carbocycles. The number of rotatable bonds is 4. The zero-order chi connectivity index (χ0) is 18.7. The second-order valence-electron chi connectivity index (χ2n) is 6.14. The van der Waals surface area contributed by atoms with E-state index in [-0.39, 0.29) is 18.2 Å². The molecule has 1 aliphatic rings. The van der Waals surface area contributed by atoms with Gasteiger partial charge in [0.05, 0.1) is 12.0 Å². The fraction of sp³-hybridized carbons (Fsp3) is 0.333. The lowest BCUT2D eigenvalue weighted by Crippen LogP contribution is -2.43. The molecule has 1 aliphatic heterocycles. The maximum absolute atomic E-state index is 13.8. The van der Waals surface area contributed by atoms with Gasteiger partial charge in [0.1, 0.15) is 17.7 Å². The number of aliphatic hydroxyl groups excluding tert-OH is 1. The highest BCUT2D eigenvalue weighted by Gasteiger charge is 2.34. The van der Waals surface area contributed by atoms with E-state index in [0.29, 0.717) is 23.2 Å². The summed E-state index contributed by atoms with van der Waals surface area (Å²) in [5.41, 5.74) is -0.0657. The summed E-state index contributed by atoms with van der Waals surface area (Å²) in [4.78, 5) is 26.2. The van der Waals surface area contributed by atoms with Crippen molar-refractivity contribution >= 4 is 33.4 Å². The Labute approximate surface area is 158 Å². The van der Waals surface area contributed by atoms with Crippen molar-refractivity contribution in [3.8, 4) is 0 Å². The minimum Gasteiger partial charge on any atom is -0.467 e. The van der Waals surface area contributed by atoms with Crippen LogP contribution in [0.1, 0.15) is 31.1 Å². The van der Waals surface area contributed by atoms with Gasteiger partial charge in [0, 0.05) is 23.5 Å². The number of benzene rings is 1. The highest BCUT2D eigenvalue weighted by molar-refractivity contribution is 9.10. The van der Waals surface area contributed by atoms with E-state index in [4.69, 9.17) is 4.42 Å². The topological polar surface area (TPSA) is 82.8 Å². The fourth-order valence-corrected chi connectivity index (χ4v) is 3.46. The molecule has 0 spiro atoms. The van der Waals surface area contributed by atoms with E-state index in [0.717, 1.165) is 6.42 Å². The number of furan rings is 1. The predicted octanol–water partition coefficient (Wildman–Crippen LogP) is 3.23. The van der Waals surface area contributed by atoms with Gasteiger partial charge in [-0.05, 0) is 43.2 Å². The van der Waals surface area contributed by atoms with Crippen molar-refractivity contribution in [3.05, 3.63) is 52.6 Å². The van der Waals surface area contributed by atoms with Gasteiger partial charge in [0.25, 0.3) is 0 Å². The summed E-state index contributed by atoms with van der Waals surface area (Å²) in [6, 6.07) is 7.15. The molecule has 2 heterocycles. The molecule has 2 amide bonds. The average molecular weight is 425 g/mol. The largest absolute Gasteiger partial charge is 0.467 e. The maximum atomic E-state index is 13.8. The van der Waals surface area contributed by atoms with Crippen molar-refractivity contribution in [2.24, 2.45) is 0 Å². The minimum absolute atomic E-state index is 0.0657. The van der Waals surface area contributed by atoms with Crippen LogP contribution in [-0.2, 0) is 9.59 Å². The van der Waals surface area contributed by atoms with Crippen molar-refractivity contribution in [2.45, 2.75) is 31.4 Å². The lowest BCUT2D eigenvalue weighted by atomic mass is 10.1. The first-order valence-corrected chi connectivity index (χ1v) is 9.03. The summed E-state index contributed by atoms with van der Waals surface area (Å²) in [7, 11) is 0. The molecule has 0 unspecified atom stereocenters. The van der Waals surface area contributed by atoms with Crippen LogP contribution in [0.15, 0.2) is 45.5 Å². The Kier molecular flexibility index (Phi) is 5.73. The monoisotopic (exact) mass is 424 g/mol. The maximum Gasteiger partial charge on any atom is 0.313 e. The van der Waals surface area contributed by atoms with Gasteiger partial charge in [-0.2, -0.15) is 0 Å². The SMILES string of the molecule is O=C(Nc1cc(Br)ccc1F)C(=O)N1CCC[C@@H]1C[C@@H](O)c1ccco1. The summed E-state index contributed by atoms with van der Waals surface area (Å²) >= 11 is 3.20. The second-order valence-corrected chi connectivity index (χ2v) is 7.06. The molecule has 3 rings (SSSR count). The van der Waals surface area contributed by atoms with E-state index in [9.17, 15) is 19.1 Å². The second kappa shape index (κ2) is 8.01. The van der Waals surface area contributed by atoms with Gasteiger partial charge in [-0.1, -0.05) is 15.9 Å². The number of nitrogens with zero attached hydrogens (tertiary/aromatic N) is 1. The number of aliphatic hydroxyl groups is 1. The number of hydrogen-bond acceptors (Lipinski definition) is 4. The summed E-state index contributed by atoms with van der Waals surface area (Å²) in [6.07, 6.45) is 2.31. The molecule has 8 heteroatoms. The van der Waals surface area contributed by atoms with Crippen LogP contribution < -0.4 is 5.32 Å². The smallest absolute Gasteiger partial charge is 0.313 e. The van der Waals surface area contributed by atoms with Crippen LogP contribution in [0.4, 0.5) is 10.1 Å². The van der Waals surface area contributed by atoms with Crippen LogP contribution in [0.5, 0.6) is 0 Å². The molecular weight excluding hydrogens is 407 g/mol. The van der Waals surface area contributed by atoms with Crippen molar-refractivity contribution in [1.82, 2.24) is 4.90 Å². The Balaban J connectivity index is 1.65. The van der Waals surface area contributed by atoms with Crippen LogP contribution in [0.25, 0.3) is 0 Å². The van der Waals surface area contributed by atoms with Crippen LogP contribution in [-0.4, -0.2) is 34.4 Å². The standard InChI is InChI=1S/C18H18BrFN2O4/c19-11-5-6-13(20)14(9-11)21-17(24)18(25)22-7-1-3-12(22)10-15(23)16-4-2-8-26-16/h2,4-6,8-9,12,15,23H,1,3,7,10H2,(H,21,24)/t12-,15-/m1/s1. The molecule has 1 fully saturated rings. The lowest BCUT2D eigenvalue weighted by molar-refractivity contribution is -0.144. The minimum atomic E-state index is -0.901. The number of carbonyl (C=O) groups excluding carboxylic acids is 2. The summed E-state index contributed by atoms with van der Waals surface area (Å²) in [5.74, 6) is -1.84. The normalized spacial score (nSPS) is 18.0. The van der Waals surface area contributed by atoms with Crippen molar-refractivity contribution in [1.29, 1.82) is 0 Å². The molecule has 6 nitrogen and oxygen atoms in total. The third-order valence-corrected chi connectivity index (χ3v) is 4.87. The van der Waals surface area contributed by atoms with Crippen LogP contribution >= 0.6 is 15.9 Å². The van der Waals surface area contributed by atoms with Crippen LogP contribution in [0.2, 0.25) is 0 Å². The predicted molar refractivity (Wildman–Crippen MR) is 95.7 cm³/mol. The van der Waals surface area contributed by atoms with Crippen LogP contribution in [0, 0.1) is 5.82 Å². The Bertz CT molecular complexity index is 796. The van der Waals surface area contributed by atoms with Gasteiger partial charge in [0.15, 0.2) is 0 Å². The molecule has 2 aromatic rings. The van der Waals surface area contributed by atoms with Gasteiger partial charge in [-0.3, -0.25) is 9.59 Å². The zero-order valence-corrected chi connectivity index (χ0v) is 15.4. The first kappa shape index (κ1) is 18.6. The highest BCUT2D eigenvalue weighted by atomic mass is 79.9. The molecule has 0 bridgehead atoms.